The minimum absolute atomic E-state index is 0.0169. The molecule has 216 valence electrons. The molecule has 3 atom stereocenters. The zero-order chi connectivity index (χ0) is 29.1. The fourth-order valence-corrected chi connectivity index (χ4v) is 5.87. The number of hydrogen-bond acceptors (Lipinski definition) is 7. The van der Waals surface area contributed by atoms with Crippen molar-refractivity contribution in [1.82, 2.24) is 18.8 Å². The normalized spacial score (nSPS) is 21.9. The van der Waals surface area contributed by atoms with Crippen molar-refractivity contribution in [3.63, 3.8) is 0 Å². The summed E-state index contributed by atoms with van der Waals surface area (Å²) in [7, 11) is 0.587. The van der Waals surface area contributed by atoms with E-state index in [0.717, 1.165) is 0 Å². The van der Waals surface area contributed by atoms with E-state index in [1.165, 1.54) is 58.7 Å². The molecule has 15 heteroatoms. The number of benzene rings is 1. The maximum absolute atomic E-state index is 13.5. The number of methoxy groups -OCH3 is 1. The van der Waals surface area contributed by atoms with Gasteiger partial charge in [0.05, 0.1) is 24.0 Å². The second-order valence-electron chi connectivity index (χ2n) is 9.60. The number of ether oxygens (including phenoxy) is 2. The molecule has 1 aliphatic heterocycles. The topological polar surface area (TPSA) is 123 Å². The largest absolute Gasteiger partial charge is 0.491 e. The van der Waals surface area contributed by atoms with E-state index in [-0.39, 0.29) is 47.6 Å². The SMILES string of the molecule is CO[C@H]1CN(C)C(=O)c2cc(NC(=O)CC(F)(F)F)ccc2OC[C@H](C)N(S(=O)(=O)c2cn(C)cn2)C[C@H]1C. The van der Waals surface area contributed by atoms with E-state index in [0.29, 0.717) is 0 Å². The number of anilines is 1. The van der Waals surface area contributed by atoms with Crippen LogP contribution in [-0.2, 0) is 26.6 Å². The zero-order valence-corrected chi connectivity index (χ0v) is 23.0. The van der Waals surface area contributed by atoms with Crippen molar-refractivity contribution in [2.75, 3.05) is 39.2 Å². The number of alkyl halides is 3. The molecule has 0 saturated heterocycles. The highest BCUT2D eigenvalue weighted by Gasteiger charge is 2.36. The molecule has 0 bridgehead atoms. The highest BCUT2D eigenvalue weighted by atomic mass is 32.2. The summed E-state index contributed by atoms with van der Waals surface area (Å²) < 4.78 is 79.2. The number of nitrogens with one attached hydrogen (secondary N) is 1. The van der Waals surface area contributed by atoms with Gasteiger partial charge in [-0.2, -0.15) is 17.5 Å². The quantitative estimate of drug-likeness (QED) is 0.581. The van der Waals surface area contributed by atoms with Crippen molar-refractivity contribution >= 4 is 27.5 Å². The van der Waals surface area contributed by atoms with Crippen LogP contribution in [0.25, 0.3) is 0 Å². The Kier molecular flexibility index (Phi) is 9.28. The van der Waals surface area contributed by atoms with Crippen LogP contribution in [0.4, 0.5) is 18.9 Å². The summed E-state index contributed by atoms with van der Waals surface area (Å²) in [6, 6.07) is 3.17. The van der Waals surface area contributed by atoms with E-state index in [1.54, 1.807) is 20.9 Å². The van der Waals surface area contributed by atoms with E-state index in [1.807, 2.05) is 0 Å². The third kappa shape index (κ3) is 7.48. The molecule has 2 aromatic rings. The van der Waals surface area contributed by atoms with Gasteiger partial charge in [0.25, 0.3) is 15.9 Å². The average molecular weight is 576 g/mol. The maximum Gasteiger partial charge on any atom is 0.397 e. The molecule has 1 N–H and O–H groups in total. The average Bonchev–Trinajstić information content (AvgIpc) is 3.29. The number of imidazole rings is 1. The third-order valence-electron chi connectivity index (χ3n) is 6.29. The van der Waals surface area contributed by atoms with Gasteiger partial charge < -0.3 is 24.3 Å². The number of carbonyl (C=O) groups is 2. The van der Waals surface area contributed by atoms with Gasteiger partial charge in [0, 0.05) is 46.2 Å². The van der Waals surface area contributed by atoms with Crippen LogP contribution in [0.2, 0.25) is 0 Å². The van der Waals surface area contributed by atoms with Crippen LogP contribution in [0.5, 0.6) is 5.75 Å². The molecule has 1 aliphatic rings. The molecule has 1 aromatic carbocycles. The Labute approximate surface area is 224 Å². The van der Waals surface area contributed by atoms with E-state index < -0.39 is 46.6 Å². The highest BCUT2D eigenvalue weighted by Crippen LogP contribution is 2.28. The summed E-state index contributed by atoms with van der Waals surface area (Å²) in [5, 5.41) is 2.02. The van der Waals surface area contributed by atoms with E-state index in [4.69, 9.17) is 9.47 Å². The number of nitrogens with zero attached hydrogens (tertiary/aromatic N) is 4. The molecule has 39 heavy (non-hydrogen) atoms. The molecule has 0 radical (unpaired) electrons. The lowest BCUT2D eigenvalue weighted by Gasteiger charge is -2.35. The second kappa shape index (κ2) is 11.9. The van der Waals surface area contributed by atoms with Gasteiger partial charge in [-0.3, -0.25) is 9.59 Å². The van der Waals surface area contributed by atoms with Gasteiger partial charge in [-0.15, -0.1) is 0 Å². The first-order valence-electron chi connectivity index (χ1n) is 12.0. The molecular formula is C24H32F3N5O6S. The van der Waals surface area contributed by atoms with Gasteiger partial charge in [-0.1, -0.05) is 6.92 Å². The molecule has 0 aliphatic carbocycles. The predicted octanol–water partition coefficient (Wildman–Crippen LogP) is 2.51. The van der Waals surface area contributed by atoms with Crippen molar-refractivity contribution in [3.05, 3.63) is 36.3 Å². The summed E-state index contributed by atoms with van der Waals surface area (Å²) in [4.78, 5) is 30.5. The number of carbonyl (C=O) groups excluding carboxylic acids is 2. The number of sulfonamides is 1. The predicted molar refractivity (Wildman–Crippen MR) is 135 cm³/mol. The van der Waals surface area contributed by atoms with Crippen LogP contribution < -0.4 is 10.1 Å². The molecule has 0 spiro atoms. The fourth-order valence-electron chi connectivity index (χ4n) is 4.19. The van der Waals surface area contributed by atoms with Crippen LogP contribution in [-0.4, -0.2) is 91.2 Å². The summed E-state index contributed by atoms with van der Waals surface area (Å²) >= 11 is 0. The van der Waals surface area contributed by atoms with Crippen LogP contribution >= 0.6 is 0 Å². The Morgan fingerprint density at radius 2 is 1.92 bits per heavy atom. The lowest BCUT2D eigenvalue weighted by Crippen LogP contribution is -2.48. The Morgan fingerprint density at radius 1 is 1.23 bits per heavy atom. The lowest BCUT2D eigenvalue weighted by atomic mass is 10.0. The molecule has 11 nitrogen and oxygen atoms in total. The number of rotatable bonds is 5. The number of likely N-dealkylation sites (N-methyl/N-ethyl adjacent to an activating group) is 1. The molecular weight excluding hydrogens is 543 g/mol. The summed E-state index contributed by atoms with van der Waals surface area (Å²) in [6.45, 7) is 3.43. The summed E-state index contributed by atoms with van der Waals surface area (Å²) in [5.41, 5.74) is -0.0405. The Hall–Kier alpha value is -3.17. The van der Waals surface area contributed by atoms with E-state index >= 15 is 0 Å². The van der Waals surface area contributed by atoms with Gasteiger partial charge in [0.15, 0.2) is 5.03 Å². The van der Waals surface area contributed by atoms with Crippen molar-refractivity contribution in [1.29, 1.82) is 0 Å². The van der Waals surface area contributed by atoms with Crippen LogP contribution in [0, 0.1) is 5.92 Å². The van der Waals surface area contributed by atoms with Crippen LogP contribution in [0.15, 0.2) is 35.7 Å². The first kappa shape index (κ1) is 30.4. The van der Waals surface area contributed by atoms with Gasteiger partial charge in [0.2, 0.25) is 5.91 Å². The van der Waals surface area contributed by atoms with E-state index in [2.05, 4.69) is 10.3 Å². The number of aromatic nitrogens is 2. The fraction of sp³-hybridized carbons (Fsp3) is 0.542. The van der Waals surface area contributed by atoms with Crippen LogP contribution in [0.1, 0.15) is 30.6 Å². The zero-order valence-electron chi connectivity index (χ0n) is 22.2. The molecule has 2 heterocycles. The van der Waals surface area contributed by atoms with Gasteiger partial charge in [-0.25, -0.2) is 13.4 Å². The lowest BCUT2D eigenvalue weighted by molar-refractivity contribution is -0.150. The van der Waals surface area contributed by atoms with Gasteiger partial charge in [-0.05, 0) is 31.0 Å². The van der Waals surface area contributed by atoms with Crippen molar-refractivity contribution in [2.45, 2.75) is 43.6 Å². The molecule has 3 rings (SSSR count). The second-order valence-corrected chi connectivity index (χ2v) is 11.4. The number of fused-ring (bicyclic) bond motifs is 1. The van der Waals surface area contributed by atoms with Crippen molar-refractivity contribution in [3.8, 4) is 5.75 Å². The molecule has 0 saturated carbocycles. The monoisotopic (exact) mass is 575 g/mol. The molecule has 0 unspecified atom stereocenters. The first-order chi connectivity index (χ1) is 18.1. The standard InChI is InChI=1S/C24H32F3N5O6S/c1-15-10-32(39(35,36)22-12-30(3)14-28-22)16(2)13-38-19-7-6-17(29-21(33)9-24(25,26)27)8-18(19)23(34)31(4)11-20(15)37-5/h6-8,12,14-16,20H,9-11,13H2,1-5H3,(H,29,33)/t15-,16+,20+/m1/s1. The Bertz CT molecular complexity index is 1300. The molecule has 1 aromatic heterocycles. The number of aryl methyl sites for hydroxylation is 1. The van der Waals surface area contributed by atoms with Gasteiger partial charge in [0.1, 0.15) is 18.8 Å². The first-order valence-corrected chi connectivity index (χ1v) is 13.5. The Morgan fingerprint density at radius 3 is 2.51 bits per heavy atom. The molecule has 2 amide bonds. The molecule has 0 fully saturated rings. The Balaban J connectivity index is 1.99. The van der Waals surface area contributed by atoms with Gasteiger partial charge >= 0.3 is 6.18 Å². The van der Waals surface area contributed by atoms with E-state index in [9.17, 15) is 31.2 Å². The maximum atomic E-state index is 13.5. The number of hydrogen-bond donors (Lipinski definition) is 1. The smallest absolute Gasteiger partial charge is 0.397 e. The number of halogens is 3. The number of amides is 2. The van der Waals surface area contributed by atoms with Crippen molar-refractivity contribution < 1.29 is 40.7 Å². The van der Waals surface area contributed by atoms with Crippen LogP contribution in [0.3, 0.4) is 0 Å². The highest BCUT2D eigenvalue weighted by molar-refractivity contribution is 7.89. The van der Waals surface area contributed by atoms with Crippen molar-refractivity contribution in [2.24, 2.45) is 13.0 Å². The minimum Gasteiger partial charge on any atom is -0.491 e. The summed E-state index contributed by atoms with van der Waals surface area (Å²) in [6.07, 6.45) is -4.16. The third-order valence-corrected chi connectivity index (χ3v) is 8.15. The minimum atomic E-state index is -4.69. The summed E-state index contributed by atoms with van der Waals surface area (Å²) in [5.74, 6) is -2.09.